The fourth-order valence-corrected chi connectivity index (χ4v) is 1.11. The second kappa shape index (κ2) is 3.49. The van der Waals surface area contributed by atoms with E-state index < -0.39 is 5.69 Å². The molecule has 1 aromatic heterocycles. The number of aromatic nitrogens is 2. The first-order valence-corrected chi connectivity index (χ1v) is 3.80. The molecule has 0 aliphatic heterocycles. The molecule has 0 atom stereocenters. The lowest BCUT2D eigenvalue weighted by Crippen LogP contribution is -2.15. The molecule has 0 fully saturated rings. The Morgan fingerprint density at radius 1 is 1.67 bits per heavy atom. The number of rotatable bonds is 2. The van der Waals surface area contributed by atoms with Crippen LogP contribution < -0.4 is 5.69 Å². The van der Waals surface area contributed by atoms with Crippen molar-refractivity contribution in [1.29, 1.82) is 0 Å². The van der Waals surface area contributed by atoms with Crippen LogP contribution in [0.4, 0.5) is 0 Å². The predicted molar refractivity (Wildman–Crippen MR) is 44.6 cm³/mol. The number of aromatic amines is 1. The van der Waals surface area contributed by atoms with Gasteiger partial charge in [-0.2, -0.15) is 4.98 Å². The number of aldehydes is 1. The molecule has 0 unspecified atom stereocenters. The summed E-state index contributed by atoms with van der Waals surface area (Å²) in [5, 5.41) is 0.229. The van der Waals surface area contributed by atoms with Crippen LogP contribution in [0.25, 0.3) is 0 Å². The molecule has 0 aliphatic carbocycles. The molecule has 0 saturated heterocycles. The minimum absolute atomic E-state index is 0.00253. The lowest BCUT2D eigenvalue weighted by atomic mass is 10.3. The van der Waals surface area contributed by atoms with Crippen LogP contribution >= 0.6 is 11.6 Å². The summed E-state index contributed by atoms with van der Waals surface area (Å²) in [6.45, 7) is 1.83. The van der Waals surface area contributed by atoms with Crippen molar-refractivity contribution in [3.8, 4) is 0 Å². The Balaban J connectivity index is 3.41. The third-order valence-corrected chi connectivity index (χ3v) is 1.86. The summed E-state index contributed by atoms with van der Waals surface area (Å²) < 4.78 is 0. The van der Waals surface area contributed by atoms with Gasteiger partial charge in [-0.05, 0) is 6.42 Å². The Labute approximate surface area is 73.6 Å². The minimum atomic E-state index is -0.543. The van der Waals surface area contributed by atoms with E-state index in [1.807, 2.05) is 6.92 Å². The third-order valence-electron chi connectivity index (χ3n) is 1.43. The Hall–Kier alpha value is -1.16. The van der Waals surface area contributed by atoms with E-state index in [1.165, 1.54) is 0 Å². The van der Waals surface area contributed by atoms with Crippen LogP contribution in [0.3, 0.4) is 0 Å². The molecule has 0 aromatic carbocycles. The average molecular weight is 187 g/mol. The van der Waals surface area contributed by atoms with E-state index in [1.54, 1.807) is 0 Å². The molecule has 12 heavy (non-hydrogen) atoms. The number of aryl methyl sites for hydroxylation is 1. The molecule has 0 radical (unpaired) electrons. The molecule has 4 nitrogen and oxygen atoms in total. The van der Waals surface area contributed by atoms with Crippen LogP contribution in [0.2, 0.25) is 5.02 Å². The number of nitrogens with zero attached hydrogens (tertiary/aromatic N) is 1. The third kappa shape index (κ3) is 1.53. The maximum absolute atomic E-state index is 10.8. The lowest BCUT2D eigenvalue weighted by molar-refractivity contribution is 0.111. The van der Waals surface area contributed by atoms with Gasteiger partial charge in [0.2, 0.25) is 0 Å². The van der Waals surface area contributed by atoms with Crippen molar-refractivity contribution in [2.24, 2.45) is 0 Å². The number of carbonyl (C=O) groups excluding carboxylic acids is 1. The highest BCUT2D eigenvalue weighted by molar-refractivity contribution is 6.33. The highest BCUT2D eigenvalue weighted by atomic mass is 35.5. The van der Waals surface area contributed by atoms with E-state index in [9.17, 15) is 9.59 Å². The second-order valence-electron chi connectivity index (χ2n) is 2.19. The SMILES string of the molecule is CCc1[nH]c(=O)nc(C=O)c1Cl. The zero-order chi connectivity index (χ0) is 9.14. The Morgan fingerprint density at radius 2 is 2.33 bits per heavy atom. The van der Waals surface area contributed by atoms with Crippen molar-refractivity contribution in [1.82, 2.24) is 9.97 Å². The first kappa shape index (κ1) is 8.93. The lowest BCUT2D eigenvalue weighted by Gasteiger charge is -2.00. The zero-order valence-corrected chi connectivity index (χ0v) is 7.18. The van der Waals surface area contributed by atoms with Gasteiger partial charge in [-0.25, -0.2) is 4.79 Å². The molecule has 0 spiro atoms. The quantitative estimate of drug-likeness (QED) is 0.695. The van der Waals surface area contributed by atoms with E-state index >= 15 is 0 Å². The largest absolute Gasteiger partial charge is 0.345 e. The normalized spacial score (nSPS) is 9.83. The molecule has 1 N–H and O–H groups in total. The van der Waals surface area contributed by atoms with Gasteiger partial charge in [-0.3, -0.25) is 4.79 Å². The van der Waals surface area contributed by atoms with Gasteiger partial charge in [0.15, 0.2) is 6.29 Å². The molecule has 1 heterocycles. The van der Waals surface area contributed by atoms with Crippen molar-refractivity contribution in [3.05, 3.63) is 26.9 Å². The Morgan fingerprint density at radius 3 is 2.83 bits per heavy atom. The van der Waals surface area contributed by atoms with Crippen LogP contribution in [0.5, 0.6) is 0 Å². The number of hydrogen-bond donors (Lipinski definition) is 1. The summed E-state index contributed by atoms with van der Waals surface area (Å²) >= 11 is 5.72. The first-order chi connectivity index (χ1) is 5.69. The minimum Gasteiger partial charge on any atom is -0.308 e. The Bertz CT molecular complexity index is 359. The molecule has 64 valence electrons. The van der Waals surface area contributed by atoms with Crippen molar-refractivity contribution in [3.63, 3.8) is 0 Å². The average Bonchev–Trinajstić information content (AvgIpc) is 2.08. The maximum Gasteiger partial charge on any atom is 0.345 e. The first-order valence-electron chi connectivity index (χ1n) is 3.43. The summed E-state index contributed by atoms with van der Waals surface area (Å²) in [5.41, 5.74) is -0.00520. The van der Waals surface area contributed by atoms with E-state index in [2.05, 4.69) is 9.97 Å². The van der Waals surface area contributed by atoms with E-state index in [0.717, 1.165) is 0 Å². The van der Waals surface area contributed by atoms with Crippen molar-refractivity contribution >= 4 is 17.9 Å². The summed E-state index contributed by atoms with van der Waals surface area (Å²) in [5.74, 6) is 0. The number of halogens is 1. The van der Waals surface area contributed by atoms with Gasteiger partial charge in [0.25, 0.3) is 0 Å². The van der Waals surface area contributed by atoms with Crippen molar-refractivity contribution < 1.29 is 4.79 Å². The summed E-state index contributed by atoms with van der Waals surface area (Å²) in [6, 6.07) is 0. The second-order valence-corrected chi connectivity index (χ2v) is 2.57. The maximum atomic E-state index is 10.8. The van der Waals surface area contributed by atoms with Gasteiger partial charge in [-0.1, -0.05) is 18.5 Å². The molecular weight excluding hydrogens is 180 g/mol. The zero-order valence-electron chi connectivity index (χ0n) is 6.43. The highest BCUT2D eigenvalue weighted by Gasteiger charge is 2.06. The summed E-state index contributed by atoms with van der Waals surface area (Å²) in [7, 11) is 0. The Kier molecular flexibility index (Phi) is 2.60. The molecule has 1 aromatic rings. The molecule has 0 aliphatic rings. The van der Waals surface area contributed by atoms with E-state index in [4.69, 9.17) is 11.6 Å². The topological polar surface area (TPSA) is 62.8 Å². The summed E-state index contributed by atoms with van der Waals surface area (Å²) in [4.78, 5) is 27.0. The van der Waals surface area contributed by atoms with Gasteiger partial charge in [0.1, 0.15) is 5.69 Å². The molecule has 1 rings (SSSR count). The molecule has 5 heteroatoms. The van der Waals surface area contributed by atoms with Crippen LogP contribution in [0.15, 0.2) is 4.79 Å². The smallest absolute Gasteiger partial charge is 0.308 e. The number of nitrogens with one attached hydrogen (secondary N) is 1. The standard InChI is InChI=1S/C7H7ClN2O2/c1-2-4-6(8)5(3-11)10-7(12)9-4/h3H,2H2,1H3,(H,9,10,12). The predicted octanol–water partition coefficient (Wildman–Crippen LogP) is 0.798. The highest BCUT2D eigenvalue weighted by Crippen LogP contribution is 2.13. The molecular formula is C7H7ClN2O2. The van der Waals surface area contributed by atoms with Gasteiger partial charge in [0, 0.05) is 5.69 Å². The van der Waals surface area contributed by atoms with Gasteiger partial charge in [0.05, 0.1) is 5.02 Å². The fraction of sp³-hybridized carbons (Fsp3) is 0.286. The number of hydrogen-bond acceptors (Lipinski definition) is 3. The van der Waals surface area contributed by atoms with E-state index in [0.29, 0.717) is 18.4 Å². The molecule has 0 amide bonds. The van der Waals surface area contributed by atoms with Crippen molar-refractivity contribution in [2.45, 2.75) is 13.3 Å². The van der Waals surface area contributed by atoms with Crippen molar-refractivity contribution in [2.75, 3.05) is 0 Å². The van der Waals surface area contributed by atoms with E-state index in [-0.39, 0.29) is 10.7 Å². The van der Waals surface area contributed by atoms with Gasteiger partial charge in [-0.15, -0.1) is 0 Å². The van der Waals surface area contributed by atoms with Crippen LogP contribution in [0, 0.1) is 0 Å². The molecule has 0 saturated carbocycles. The molecule has 0 bridgehead atoms. The fourth-order valence-electron chi connectivity index (χ4n) is 0.847. The summed E-state index contributed by atoms with van der Waals surface area (Å²) in [6.07, 6.45) is 1.04. The van der Waals surface area contributed by atoms with Crippen LogP contribution in [-0.2, 0) is 6.42 Å². The van der Waals surface area contributed by atoms with Gasteiger partial charge < -0.3 is 4.98 Å². The number of carbonyl (C=O) groups is 1. The number of H-pyrrole nitrogens is 1. The van der Waals surface area contributed by atoms with Crippen LogP contribution in [-0.4, -0.2) is 16.3 Å². The monoisotopic (exact) mass is 186 g/mol. The van der Waals surface area contributed by atoms with Crippen LogP contribution in [0.1, 0.15) is 23.1 Å². The van der Waals surface area contributed by atoms with Gasteiger partial charge >= 0.3 is 5.69 Å².